The summed E-state index contributed by atoms with van der Waals surface area (Å²) >= 11 is 0. The molecule has 2 aromatic carbocycles. The number of aromatic nitrogens is 1. The first kappa shape index (κ1) is 16.5. The minimum absolute atomic E-state index is 0.119. The summed E-state index contributed by atoms with van der Waals surface area (Å²) in [7, 11) is 1.46. The highest BCUT2D eigenvalue weighted by molar-refractivity contribution is 5.86. The van der Waals surface area contributed by atoms with E-state index in [1.807, 2.05) is 13.0 Å². The number of nitrogens with one attached hydrogen (secondary N) is 1. The van der Waals surface area contributed by atoms with Crippen molar-refractivity contribution in [3.05, 3.63) is 52.6 Å². The number of H-pyrrole nitrogens is 1. The zero-order chi connectivity index (χ0) is 18.0. The minimum Gasteiger partial charge on any atom is -0.493 e. The number of aliphatic carboxylic acids is 1. The fourth-order valence-corrected chi connectivity index (χ4v) is 2.65. The summed E-state index contributed by atoms with van der Waals surface area (Å²) in [6, 6.07) is 10.1. The van der Waals surface area contributed by atoms with Gasteiger partial charge in [0.15, 0.2) is 22.9 Å². The number of carboxylic acid groups (broad SMARTS) is 1. The van der Waals surface area contributed by atoms with Gasteiger partial charge in [-0.15, -0.1) is 4.91 Å². The molecule has 0 amide bonds. The molecule has 0 spiro atoms. The normalized spacial score (nSPS) is 10.6. The molecule has 0 aliphatic rings. The summed E-state index contributed by atoms with van der Waals surface area (Å²) in [5, 5.41) is 12.8. The molecule has 7 nitrogen and oxygen atoms in total. The number of aromatic amines is 1. The number of nitroso groups, excluding NO2 is 1. The molecule has 3 aromatic rings. The lowest BCUT2D eigenvalue weighted by atomic mass is 10.1. The molecule has 0 aliphatic heterocycles. The van der Waals surface area contributed by atoms with Crippen molar-refractivity contribution >= 4 is 22.6 Å². The zero-order valence-corrected chi connectivity index (χ0v) is 13.7. The molecule has 0 saturated heterocycles. The van der Waals surface area contributed by atoms with Crippen molar-refractivity contribution in [1.29, 1.82) is 0 Å². The van der Waals surface area contributed by atoms with E-state index in [1.165, 1.54) is 7.11 Å². The van der Waals surface area contributed by atoms with E-state index in [4.69, 9.17) is 14.6 Å². The molecule has 1 heterocycles. The molecule has 3 rings (SSSR count). The van der Waals surface area contributed by atoms with Gasteiger partial charge in [0.2, 0.25) is 0 Å². The predicted molar refractivity (Wildman–Crippen MR) is 92.9 cm³/mol. The van der Waals surface area contributed by atoms with Crippen molar-refractivity contribution in [3.63, 3.8) is 0 Å². The monoisotopic (exact) mass is 340 g/mol. The number of hydrogen-bond donors (Lipinski definition) is 2. The van der Waals surface area contributed by atoms with E-state index < -0.39 is 5.97 Å². The number of hydrogen-bond acceptors (Lipinski definition) is 5. The summed E-state index contributed by atoms with van der Waals surface area (Å²) in [5.74, 6) is 0.108. The van der Waals surface area contributed by atoms with E-state index >= 15 is 0 Å². The summed E-state index contributed by atoms with van der Waals surface area (Å²) < 4.78 is 11.1. The fraction of sp³-hybridized carbons (Fsp3) is 0.167. The van der Waals surface area contributed by atoms with Crippen LogP contribution < -0.4 is 9.47 Å². The molecule has 2 N–H and O–H groups in total. The molecule has 1 aromatic heterocycles. The van der Waals surface area contributed by atoms with E-state index in [0.717, 1.165) is 16.6 Å². The Labute approximate surface area is 143 Å². The lowest BCUT2D eigenvalue weighted by Crippen LogP contribution is -2.00. The Morgan fingerprint density at radius 2 is 1.96 bits per heavy atom. The van der Waals surface area contributed by atoms with Gasteiger partial charge in [-0.3, -0.25) is 4.79 Å². The van der Waals surface area contributed by atoms with Gasteiger partial charge in [-0.1, -0.05) is 6.07 Å². The number of methoxy groups -OCH3 is 1. The molecule has 0 saturated carbocycles. The van der Waals surface area contributed by atoms with Crippen LogP contribution in [0.4, 0.5) is 5.69 Å². The first-order valence-electron chi connectivity index (χ1n) is 7.53. The fourth-order valence-electron chi connectivity index (χ4n) is 2.65. The maximum Gasteiger partial charge on any atom is 0.307 e. The second kappa shape index (κ2) is 6.64. The van der Waals surface area contributed by atoms with Gasteiger partial charge < -0.3 is 19.6 Å². The van der Waals surface area contributed by atoms with Gasteiger partial charge in [-0.25, -0.2) is 0 Å². The quantitative estimate of drug-likeness (QED) is 0.651. The number of carbonyl (C=O) groups is 1. The van der Waals surface area contributed by atoms with Gasteiger partial charge >= 0.3 is 5.97 Å². The van der Waals surface area contributed by atoms with E-state index in [-0.39, 0.29) is 12.1 Å². The Kier molecular flexibility index (Phi) is 4.38. The summed E-state index contributed by atoms with van der Waals surface area (Å²) in [6.45, 7) is 1.92. The standard InChI is InChI=1S/C18H16N2O5/c1-10-5-12-8-16(14(20-23)9-13(12)19-10)25-15-4-3-11(7-18(21)22)6-17(15)24-2/h3-6,8-9,19H,7H2,1-2H3,(H,21,22). The number of carboxylic acids is 1. The molecule has 0 fully saturated rings. The topological polar surface area (TPSA) is 101 Å². The van der Waals surface area contributed by atoms with Gasteiger partial charge in [0.1, 0.15) is 0 Å². The van der Waals surface area contributed by atoms with Gasteiger partial charge in [-0.05, 0) is 48.0 Å². The molecular formula is C18H16N2O5. The van der Waals surface area contributed by atoms with Gasteiger partial charge in [0, 0.05) is 16.6 Å². The predicted octanol–water partition coefficient (Wildman–Crippen LogP) is 4.30. The number of nitrogens with zero attached hydrogens (tertiary/aromatic N) is 1. The number of ether oxygens (including phenoxy) is 2. The number of rotatable bonds is 6. The van der Waals surface area contributed by atoms with Gasteiger partial charge in [-0.2, -0.15) is 0 Å². The SMILES string of the molecule is COc1cc(CC(=O)O)ccc1Oc1cc2cc(C)[nH]c2cc1N=O. The maximum absolute atomic E-state index is 11.2. The van der Waals surface area contributed by atoms with Gasteiger partial charge in [0.25, 0.3) is 0 Å². The second-order valence-electron chi connectivity index (χ2n) is 5.61. The van der Waals surface area contributed by atoms with E-state index in [1.54, 1.807) is 30.3 Å². The first-order chi connectivity index (χ1) is 12.0. The molecule has 0 atom stereocenters. The van der Waals surface area contributed by atoms with E-state index in [2.05, 4.69) is 10.2 Å². The number of aryl methyl sites for hydroxylation is 1. The van der Waals surface area contributed by atoms with Crippen LogP contribution in [-0.2, 0) is 11.2 Å². The van der Waals surface area contributed by atoms with Gasteiger partial charge in [0.05, 0.1) is 13.5 Å². The van der Waals surface area contributed by atoms with Crippen molar-refractivity contribution in [2.24, 2.45) is 5.18 Å². The van der Waals surface area contributed by atoms with Crippen LogP contribution in [-0.4, -0.2) is 23.2 Å². The minimum atomic E-state index is -0.934. The Bertz CT molecular complexity index is 961. The Morgan fingerprint density at radius 3 is 2.64 bits per heavy atom. The highest BCUT2D eigenvalue weighted by Gasteiger charge is 2.14. The van der Waals surface area contributed by atoms with E-state index in [0.29, 0.717) is 22.8 Å². The van der Waals surface area contributed by atoms with Crippen LogP contribution >= 0.6 is 0 Å². The van der Waals surface area contributed by atoms with Crippen LogP contribution in [0.2, 0.25) is 0 Å². The molecule has 0 unspecified atom stereocenters. The maximum atomic E-state index is 11.2. The molecule has 128 valence electrons. The highest BCUT2D eigenvalue weighted by Crippen LogP contribution is 2.39. The van der Waals surface area contributed by atoms with Crippen LogP contribution in [0.5, 0.6) is 17.2 Å². The molecule has 25 heavy (non-hydrogen) atoms. The number of benzene rings is 2. The van der Waals surface area contributed by atoms with E-state index in [9.17, 15) is 9.70 Å². The highest BCUT2D eigenvalue weighted by atomic mass is 16.5. The van der Waals surface area contributed by atoms with Crippen LogP contribution in [0.25, 0.3) is 10.9 Å². The zero-order valence-electron chi connectivity index (χ0n) is 13.7. The third-order valence-corrected chi connectivity index (χ3v) is 3.74. The molecule has 7 heteroatoms. The Morgan fingerprint density at radius 1 is 1.16 bits per heavy atom. The van der Waals surface area contributed by atoms with Crippen molar-refractivity contribution in [1.82, 2.24) is 4.98 Å². The van der Waals surface area contributed by atoms with Crippen molar-refractivity contribution in [2.45, 2.75) is 13.3 Å². The number of fused-ring (bicyclic) bond motifs is 1. The summed E-state index contributed by atoms with van der Waals surface area (Å²) in [6.07, 6.45) is -0.119. The summed E-state index contributed by atoms with van der Waals surface area (Å²) in [5.41, 5.74) is 2.50. The third kappa shape index (κ3) is 3.45. The van der Waals surface area contributed by atoms with Crippen molar-refractivity contribution in [3.8, 4) is 17.2 Å². The lowest BCUT2D eigenvalue weighted by Gasteiger charge is -2.12. The van der Waals surface area contributed by atoms with Crippen molar-refractivity contribution in [2.75, 3.05) is 7.11 Å². The second-order valence-corrected chi connectivity index (χ2v) is 5.61. The van der Waals surface area contributed by atoms with Crippen molar-refractivity contribution < 1.29 is 19.4 Å². The average Bonchev–Trinajstić information content (AvgIpc) is 2.93. The smallest absolute Gasteiger partial charge is 0.307 e. The molecule has 0 bridgehead atoms. The first-order valence-corrected chi connectivity index (χ1v) is 7.53. The summed E-state index contributed by atoms with van der Waals surface area (Å²) in [4.78, 5) is 25.1. The third-order valence-electron chi connectivity index (χ3n) is 3.74. The Balaban J connectivity index is 1.99. The van der Waals surface area contributed by atoms with Crippen LogP contribution in [0.1, 0.15) is 11.3 Å². The largest absolute Gasteiger partial charge is 0.493 e. The van der Waals surface area contributed by atoms with Crippen LogP contribution in [0.15, 0.2) is 41.6 Å². The average molecular weight is 340 g/mol. The Hall–Kier alpha value is -3.35. The molecule has 0 aliphatic carbocycles. The molecule has 0 radical (unpaired) electrons. The van der Waals surface area contributed by atoms with Crippen LogP contribution in [0.3, 0.4) is 0 Å². The van der Waals surface area contributed by atoms with Crippen LogP contribution in [0, 0.1) is 11.8 Å². The molecular weight excluding hydrogens is 324 g/mol. The lowest BCUT2D eigenvalue weighted by molar-refractivity contribution is -0.136.